The van der Waals surface area contributed by atoms with E-state index >= 15 is 0 Å². The molecule has 1 N–H and O–H groups in total. The lowest BCUT2D eigenvalue weighted by Crippen LogP contribution is -2.26. The molecule has 1 heterocycles. The van der Waals surface area contributed by atoms with Crippen molar-refractivity contribution in [1.82, 2.24) is 9.55 Å². The monoisotopic (exact) mass is 448 g/mol. The summed E-state index contributed by atoms with van der Waals surface area (Å²) >= 11 is 0. The van der Waals surface area contributed by atoms with Crippen molar-refractivity contribution in [3.63, 3.8) is 0 Å². The van der Waals surface area contributed by atoms with Gasteiger partial charge in [0.05, 0.1) is 21.6 Å². The molecule has 4 aromatic rings. The van der Waals surface area contributed by atoms with Gasteiger partial charge < -0.3 is 9.88 Å². The van der Waals surface area contributed by atoms with Gasteiger partial charge in [0.15, 0.2) is 0 Å². The number of rotatable bonds is 7. The highest BCUT2D eigenvalue weighted by Crippen LogP contribution is 2.24. The quantitative estimate of drug-likeness (QED) is 0.462. The van der Waals surface area contributed by atoms with Gasteiger partial charge in [-0.3, -0.25) is 9.10 Å². The van der Waals surface area contributed by atoms with Gasteiger partial charge in [0, 0.05) is 19.2 Å². The summed E-state index contributed by atoms with van der Waals surface area (Å²) in [6, 6.07) is 22.8. The molecule has 1 aromatic heterocycles. The summed E-state index contributed by atoms with van der Waals surface area (Å²) in [6.45, 7) is 2.08. The standard InChI is InChI=1S/C24H24N4O3S/c1-3-23-26-21-14-7-8-15-22(21)28(23)17-24(29)25-18-10-9-13-20(16-18)32(30,31)27(2)19-11-5-4-6-12-19/h4-16H,3,17H2,1-2H3,(H,25,29). The molecule has 0 saturated heterocycles. The van der Waals surface area contributed by atoms with Crippen LogP contribution in [0.5, 0.6) is 0 Å². The van der Waals surface area contributed by atoms with Gasteiger partial charge in [-0.1, -0.05) is 43.3 Å². The summed E-state index contributed by atoms with van der Waals surface area (Å²) in [5, 5.41) is 2.82. The minimum absolute atomic E-state index is 0.0879. The van der Waals surface area contributed by atoms with E-state index in [2.05, 4.69) is 10.3 Å². The average Bonchev–Trinajstić information content (AvgIpc) is 3.16. The highest BCUT2D eigenvalue weighted by Gasteiger charge is 2.22. The van der Waals surface area contributed by atoms with Crippen LogP contribution in [0.15, 0.2) is 83.8 Å². The molecule has 8 heteroatoms. The molecule has 0 unspecified atom stereocenters. The molecule has 0 fully saturated rings. The van der Waals surface area contributed by atoms with Crippen LogP contribution in [-0.4, -0.2) is 30.9 Å². The van der Waals surface area contributed by atoms with Crippen LogP contribution in [0.2, 0.25) is 0 Å². The first-order valence-electron chi connectivity index (χ1n) is 10.3. The molecule has 0 aliphatic carbocycles. The lowest BCUT2D eigenvalue weighted by Gasteiger charge is -2.20. The second kappa shape index (κ2) is 8.84. The molecule has 0 aliphatic heterocycles. The Morgan fingerprint density at radius 3 is 2.47 bits per heavy atom. The van der Waals surface area contributed by atoms with E-state index in [9.17, 15) is 13.2 Å². The van der Waals surface area contributed by atoms with Gasteiger partial charge in [0.25, 0.3) is 10.0 Å². The normalized spacial score (nSPS) is 11.4. The number of nitrogens with one attached hydrogen (secondary N) is 1. The first kappa shape index (κ1) is 21.6. The van der Waals surface area contributed by atoms with E-state index in [0.717, 1.165) is 16.9 Å². The number of aryl methyl sites for hydroxylation is 1. The van der Waals surface area contributed by atoms with E-state index in [-0.39, 0.29) is 17.3 Å². The number of amides is 1. The second-order valence-corrected chi connectivity index (χ2v) is 9.31. The Balaban J connectivity index is 1.55. The minimum Gasteiger partial charge on any atom is -0.324 e. The summed E-state index contributed by atoms with van der Waals surface area (Å²) in [5.41, 5.74) is 2.70. The smallest absolute Gasteiger partial charge is 0.264 e. The second-order valence-electron chi connectivity index (χ2n) is 7.34. The largest absolute Gasteiger partial charge is 0.324 e. The zero-order valence-electron chi connectivity index (χ0n) is 17.9. The molecule has 0 bridgehead atoms. The highest BCUT2D eigenvalue weighted by atomic mass is 32.2. The number of hydrogen-bond acceptors (Lipinski definition) is 4. The molecule has 7 nitrogen and oxygen atoms in total. The lowest BCUT2D eigenvalue weighted by molar-refractivity contribution is -0.116. The SMILES string of the molecule is CCc1nc2ccccc2n1CC(=O)Nc1cccc(S(=O)(=O)N(C)c2ccccc2)c1. The molecule has 0 aliphatic rings. The van der Waals surface area contributed by atoms with Crippen molar-refractivity contribution in [2.75, 3.05) is 16.7 Å². The van der Waals surface area contributed by atoms with Crippen molar-refractivity contribution < 1.29 is 13.2 Å². The topological polar surface area (TPSA) is 84.3 Å². The van der Waals surface area contributed by atoms with E-state index in [1.54, 1.807) is 36.4 Å². The number of sulfonamides is 1. The van der Waals surface area contributed by atoms with E-state index < -0.39 is 10.0 Å². The van der Waals surface area contributed by atoms with E-state index in [1.807, 2.05) is 41.8 Å². The predicted octanol–water partition coefficient (Wildman–Crippen LogP) is 4.06. The summed E-state index contributed by atoms with van der Waals surface area (Å²) in [5.74, 6) is 0.566. The van der Waals surface area contributed by atoms with E-state index in [0.29, 0.717) is 17.8 Å². The van der Waals surface area contributed by atoms with Gasteiger partial charge in [-0.05, 0) is 42.5 Å². The Labute approximate surface area is 187 Å². The third-order valence-electron chi connectivity index (χ3n) is 5.25. The van der Waals surface area contributed by atoms with Crippen LogP contribution in [-0.2, 0) is 27.8 Å². The average molecular weight is 449 g/mol. The molecule has 3 aromatic carbocycles. The Bertz CT molecular complexity index is 1360. The van der Waals surface area contributed by atoms with Gasteiger partial charge in [-0.25, -0.2) is 13.4 Å². The van der Waals surface area contributed by atoms with Crippen molar-refractivity contribution in [2.45, 2.75) is 24.8 Å². The molecule has 1 amide bonds. The summed E-state index contributed by atoms with van der Waals surface area (Å²) < 4.78 is 29.2. The van der Waals surface area contributed by atoms with Gasteiger partial charge in [0.1, 0.15) is 12.4 Å². The maximum absolute atomic E-state index is 13.1. The summed E-state index contributed by atoms with van der Waals surface area (Å²) in [6.07, 6.45) is 0.696. The van der Waals surface area contributed by atoms with Crippen molar-refractivity contribution >= 4 is 38.3 Å². The fourth-order valence-corrected chi connectivity index (χ4v) is 4.83. The Kier molecular flexibility index (Phi) is 5.96. The third-order valence-corrected chi connectivity index (χ3v) is 7.03. The van der Waals surface area contributed by atoms with Crippen molar-refractivity contribution in [3.05, 3.63) is 84.7 Å². The molecule has 32 heavy (non-hydrogen) atoms. The number of imidazole rings is 1. The van der Waals surface area contributed by atoms with Crippen LogP contribution >= 0.6 is 0 Å². The minimum atomic E-state index is -3.77. The van der Waals surface area contributed by atoms with E-state index in [4.69, 9.17) is 0 Å². The van der Waals surface area contributed by atoms with E-state index in [1.165, 1.54) is 23.5 Å². The number of benzene rings is 3. The van der Waals surface area contributed by atoms with Gasteiger partial charge in [0.2, 0.25) is 5.91 Å². The summed E-state index contributed by atoms with van der Waals surface area (Å²) in [4.78, 5) is 17.5. The third kappa shape index (κ3) is 4.22. The molecular weight excluding hydrogens is 424 g/mol. The fourth-order valence-electron chi connectivity index (χ4n) is 3.58. The summed E-state index contributed by atoms with van der Waals surface area (Å²) in [7, 11) is -2.27. The van der Waals surface area contributed by atoms with Crippen LogP contribution < -0.4 is 9.62 Å². The first-order valence-corrected chi connectivity index (χ1v) is 11.7. The molecule has 0 atom stereocenters. The van der Waals surface area contributed by atoms with Crippen molar-refractivity contribution in [3.8, 4) is 0 Å². The molecule has 0 saturated carbocycles. The van der Waals surface area contributed by atoms with Crippen molar-refractivity contribution in [1.29, 1.82) is 0 Å². The molecule has 164 valence electrons. The van der Waals surface area contributed by atoms with Crippen LogP contribution in [0, 0.1) is 0 Å². The number of fused-ring (bicyclic) bond motifs is 1. The maximum atomic E-state index is 13.1. The zero-order valence-corrected chi connectivity index (χ0v) is 18.7. The first-order chi connectivity index (χ1) is 15.4. The molecule has 4 rings (SSSR count). The molecule has 0 spiro atoms. The number of aromatic nitrogens is 2. The van der Waals surface area contributed by atoms with Crippen LogP contribution in [0.3, 0.4) is 0 Å². The number of para-hydroxylation sites is 3. The number of anilines is 2. The molecule has 0 radical (unpaired) electrons. The Hall–Kier alpha value is -3.65. The van der Waals surface area contributed by atoms with Crippen LogP contribution in [0.1, 0.15) is 12.7 Å². The van der Waals surface area contributed by atoms with Gasteiger partial charge in [-0.2, -0.15) is 0 Å². The van der Waals surface area contributed by atoms with Gasteiger partial charge in [-0.15, -0.1) is 0 Å². The highest BCUT2D eigenvalue weighted by molar-refractivity contribution is 7.92. The van der Waals surface area contributed by atoms with Gasteiger partial charge >= 0.3 is 0 Å². The number of carbonyl (C=O) groups excluding carboxylic acids is 1. The predicted molar refractivity (Wildman–Crippen MR) is 126 cm³/mol. The zero-order chi connectivity index (χ0) is 22.7. The maximum Gasteiger partial charge on any atom is 0.264 e. The fraction of sp³-hybridized carbons (Fsp3) is 0.167. The Morgan fingerprint density at radius 1 is 1.00 bits per heavy atom. The van der Waals surface area contributed by atoms with Crippen LogP contribution in [0.4, 0.5) is 11.4 Å². The number of hydrogen-bond donors (Lipinski definition) is 1. The molecular formula is C24H24N4O3S. The van der Waals surface area contributed by atoms with Crippen molar-refractivity contribution in [2.24, 2.45) is 0 Å². The van der Waals surface area contributed by atoms with Crippen LogP contribution in [0.25, 0.3) is 11.0 Å². The Morgan fingerprint density at radius 2 is 1.72 bits per heavy atom. The number of nitrogens with zero attached hydrogens (tertiary/aromatic N) is 3. The number of carbonyl (C=O) groups is 1. The lowest BCUT2D eigenvalue weighted by atomic mass is 10.3.